The highest BCUT2D eigenvalue weighted by atomic mass is 15.2. The van der Waals surface area contributed by atoms with Crippen molar-refractivity contribution in [2.75, 3.05) is 24.1 Å². The zero-order chi connectivity index (χ0) is 30.5. The fourth-order valence-electron chi connectivity index (χ4n) is 5.19. The number of nitrogens with one attached hydrogen (secondary N) is 1. The van der Waals surface area contributed by atoms with Crippen LogP contribution in [0.3, 0.4) is 0 Å². The molecule has 5 N–H and O–H groups in total. The number of imidazole rings is 1. The highest BCUT2D eigenvalue weighted by Crippen LogP contribution is 2.31. The summed E-state index contributed by atoms with van der Waals surface area (Å²) in [6.45, 7) is 4.51. The molecule has 0 atom stereocenters. The van der Waals surface area contributed by atoms with Crippen molar-refractivity contribution < 1.29 is 0 Å². The highest BCUT2D eigenvalue weighted by Gasteiger charge is 2.21. The van der Waals surface area contributed by atoms with E-state index in [1.54, 1.807) is 37.7 Å². The number of anilines is 2. The lowest BCUT2D eigenvalue weighted by Gasteiger charge is -2.32. The Labute approximate surface area is 254 Å². The predicted octanol–water partition coefficient (Wildman–Crippen LogP) is 3.84. The summed E-state index contributed by atoms with van der Waals surface area (Å²) in [5, 5.41) is 16.1. The van der Waals surface area contributed by atoms with Gasteiger partial charge in [0.05, 0.1) is 17.5 Å². The number of hydrogen-bond donors (Lipinski definition) is 3. The van der Waals surface area contributed by atoms with Crippen LogP contribution >= 0.6 is 0 Å². The number of aromatic nitrogens is 6. The smallest absolute Gasteiger partial charge is 0.234 e. The topological polar surface area (TPSA) is 185 Å². The van der Waals surface area contributed by atoms with E-state index in [1.807, 2.05) is 28.8 Å². The number of nitrogen functional groups attached to an aromatic ring is 1. The van der Waals surface area contributed by atoms with E-state index >= 15 is 0 Å². The minimum atomic E-state index is 0.174. The number of fused-ring (bicyclic) bond motifs is 1. The number of nitrogens with two attached hydrogens (primary N) is 2. The fraction of sp³-hybridized carbons (Fsp3) is 0.226. The van der Waals surface area contributed by atoms with Crippen LogP contribution in [0.5, 0.6) is 0 Å². The zero-order valence-electron chi connectivity index (χ0n) is 24.2. The third-order valence-electron chi connectivity index (χ3n) is 7.45. The van der Waals surface area contributed by atoms with Gasteiger partial charge in [-0.05, 0) is 67.8 Å². The van der Waals surface area contributed by atoms with Crippen LogP contribution < -0.4 is 16.9 Å². The molecule has 5 aromatic rings. The first kappa shape index (κ1) is 28.4. The number of rotatable bonds is 8. The molecule has 0 bridgehead atoms. The summed E-state index contributed by atoms with van der Waals surface area (Å²) in [5.74, 6) is 7.75. The van der Waals surface area contributed by atoms with E-state index in [9.17, 15) is 0 Å². The van der Waals surface area contributed by atoms with Crippen molar-refractivity contribution in [3.8, 4) is 23.1 Å². The second kappa shape index (κ2) is 12.6. The summed E-state index contributed by atoms with van der Waals surface area (Å²) < 4.78 is 1.98. The minimum Gasteiger partial charge on any atom is -0.383 e. The number of likely N-dealkylation sites (tertiary alicyclic amines) is 1. The van der Waals surface area contributed by atoms with Crippen molar-refractivity contribution >= 4 is 40.5 Å². The highest BCUT2D eigenvalue weighted by molar-refractivity contribution is 6.29. The molecule has 1 aromatic carbocycles. The van der Waals surface area contributed by atoms with Gasteiger partial charge in [-0.2, -0.15) is 10.4 Å². The number of nitriles is 1. The third kappa shape index (κ3) is 6.20. The van der Waals surface area contributed by atoms with Crippen LogP contribution in [0.1, 0.15) is 31.2 Å². The lowest BCUT2D eigenvalue weighted by atomic mass is 10.0. The van der Waals surface area contributed by atoms with Crippen molar-refractivity contribution in [3.63, 3.8) is 0 Å². The summed E-state index contributed by atoms with van der Waals surface area (Å²) in [7, 11) is 0. The molecule has 0 radical (unpaired) electrons. The van der Waals surface area contributed by atoms with Crippen LogP contribution in [0.2, 0.25) is 0 Å². The van der Waals surface area contributed by atoms with Crippen molar-refractivity contribution in [1.29, 1.82) is 5.26 Å². The maximum atomic E-state index is 9.06. The number of benzene rings is 1. The average Bonchev–Trinajstić information content (AvgIpc) is 3.43. The predicted molar refractivity (Wildman–Crippen MR) is 171 cm³/mol. The molecule has 1 aliphatic rings. The maximum absolute atomic E-state index is 9.06. The van der Waals surface area contributed by atoms with Crippen LogP contribution in [0.15, 0.2) is 77.1 Å². The SMILES string of the molecule is CC(C=Nc1ccc2nc(-c3cccnc3N)n(-c3ccc(CN4CCC(Nc5ccnc(C#N)n5)CC4)cc3)c2n1)=NN. The van der Waals surface area contributed by atoms with E-state index in [-0.39, 0.29) is 5.82 Å². The summed E-state index contributed by atoms with van der Waals surface area (Å²) in [4.78, 5) is 29.0. The maximum Gasteiger partial charge on any atom is 0.234 e. The van der Waals surface area contributed by atoms with Crippen LogP contribution in [0.25, 0.3) is 28.2 Å². The second-order valence-corrected chi connectivity index (χ2v) is 10.5. The van der Waals surface area contributed by atoms with Crippen molar-refractivity contribution in [2.24, 2.45) is 15.9 Å². The van der Waals surface area contributed by atoms with Crippen LogP contribution in [0.4, 0.5) is 17.5 Å². The lowest BCUT2D eigenvalue weighted by molar-refractivity contribution is 0.211. The molecule has 0 saturated carbocycles. The Morgan fingerprint density at radius 3 is 2.61 bits per heavy atom. The Kier molecular flexibility index (Phi) is 8.15. The molecular weight excluding hydrogens is 554 g/mol. The van der Waals surface area contributed by atoms with Gasteiger partial charge in [0.2, 0.25) is 5.82 Å². The van der Waals surface area contributed by atoms with Crippen molar-refractivity contribution in [3.05, 3.63) is 78.4 Å². The number of hydrogen-bond acceptors (Lipinski definition) is 12. The molecule has 0 unspecified atom stereocenters. The normalized spacial score (nSPS) is 14.7. The van der Waals surface area contributed by atoms with E-state index in [0.29, 0.717) is 51.8 Å². The largest absolute Gasteiger partial charge is 0.383 e. The monoisotopic (exact) mass is 585 g/mol. The second-order valence-electron chi connectivity index (χ2n) is 10.5. The summed E-state index contributed by atoms with van der Waals surface area (Å²) in [6.07, 6.45) is 6.80. The number of nitrogens with zero attached hydrogens (tertiary/aromatic N) is 10. The fourth-order valence-corrected chi connectivity index (χ4v) is 5.19. The quantitative estimate of drug-likeness (QED) is 0.137. The molecule has 44 heavy (non-hydrogen) atoms. The molecule has 0 amide bonds. The first-order chi connectivity index (χ1) is 21.5. The minimum absolute atomic E-state index is 0.174. The number of piperidine rings is 1. The molecule has 1 fully saturated rings. The van der Waals surface area contributed by atoms with E-state index in [0.717, 1.165) is 38.2 Å². The molecule has 0 spiro atoms. The number of hydrazone groups is 1. The van der Waals surface area contributed by atoms with E-state index in [2.05, 4.69) is 59.5 Å². The Hall–Kier alpha value is -5.74. The van der Waals surface area contributed by atoms with Crippen molar-refractivity contribution in [1.82, 2.24) is 34.4 Å². The van der Waals surface area contributed by atoms with Gasteiger partial charge in [0, 0.05) is 43.8 Å². The molecular formula is C31H31N13. The lowest BCUT2D eigenvalue weighted by Crippen LogP contribution is -2.38. The number of pyridine rings is 2. The van der Waals surface area contributed by atoms with Gasteiger partial charge in [0.1, 0.15) is 23.2 Å². The molecule has 13 nitrogen and oxygen atoms in total. The molecule has 1 aliphatic heterocycles. The first-order valence-electron chi connectivity index (χ1n) is 14.2. The van der Waals surface area contributed by atoms with Crippen molar-refractivity contribution in [2.45, 2.75) is 32.4 Å². The Morgan fingerprint density at radius 2 is 1.86 bits per heavy atom. The van der Waals surface area contributed by atoms with Crippen LogP contribution in [-0.2, 0) is 6.54 Å². The van der Waals surface area contributed by atoms with Gasteiger partial charge in [-0.3, -0.25) is 9.47 Å². The summed E-state index contributed by atoms with van der Waals surface area (Å²) in [6, 6.07) is 19.9. The van der Waals surface area contributed by atoms with Gasteiger partial charge in [-0.1, -0.05) is 12.1 Å². The Bertz CT molecular complexity index is 1880. The standard InChI is InChI=1S/C31H31N13/c1-20(42-34)18-37-26-9-8-25-31(41-26)44(30(39-25)24-3-2-13-36-29(24)33)23-6-4-21(5-7-23)19-43-15-11-22(12-16-43)38-27-10-14-35-28(17-32)40-27/h2-10,13-14,18,22H,11-12,15-16,19,34H2,1H3,(H2,33,36)(H,35,38,40). The molecule has 13 heteroatoms. The van der Waals surface area contributed by atoms with Crippen LogP contribution in [-0.4, -0.2) is 65.4 Å². The van der Waals surface area contributed by atoms with E-state index in [1.165, 1.54) is 5.56 Å². The van der Waals surface area contributed by atoms with Gasteiger partial charge in [0.15, 0.2) is 17.3 Å². The Morgan fingerprint density at radius 1 is 1.05 bits per heavy atom. The molecule has 1 saturated heterocycles. The van der Waals surface area contributed by atoms with E-state index in [4.69, 9.17) is 26.8 Å². The van der Waals surface area contributed by atoms with E-state index < -0.39 is 0 Å². The summed E-state index contributed by atoms with van der Waals surface area (Å²) >= 11 is 0. The molecule has 5 heterocycles. The summed E-state index contributed by atoms with van der Waals surface area (Å²) in [5.41, 5.74) is 11.0. The average molecular weight is 586 g/mol. The molecule has 6 rings (SSSR count). The van der Waals surface area contributed by atoms with Crippen LogP contribution in [0, 0.1) is 11.3 Å². The zero-order valence-corrected chi connectivity index (χ0v) is 24.2. The van der Waals surface area contributed by atoms with Gasteiger partial charge in [0.25, 0.3) is 0 Å². The molecule has 220 valence electrons. The van der Waals surface area contributed by atoms with Gasteiger partial charge < -0.3 is 16.9 Å². The number of aliphatic imine (C=N–C) groups is 1. The van der Waals surface area contributed by atoms with Gasteiger partial charge in [-0.25, -0.2) is 29.9 Å². The Balaban J connectivity index is 1.22. The molecule has 0 aliphatic carbocycles. The first-order valence-corrected chi connectivity index (χ1v) is 14.2. The van der Waals surface area contributed by atoms with Gasteiger partial charge in [-0.15, -0.1) is 0 Å². The molecule has 4 aromatic heterocycles. The van der Waals surface area contributed by atoms with Gasteiger partial charge >= 0.3 is 0 Å². The third-order valence-corrected chi connectivity index (χ3v) is 7.45.